The van der Waals surface area contributed by atoms with Crippen LogP contribution in [0, 0.1) is 0 Å². The Bertz CT molecular complexity index is 443. The summed E-state index contributed by atoms with van der Waals surface area (Å²) >= 11 is 0. The summed E-state index contributed by atoms with van der Waals surface area (Å²) in [6, 6.07) is 7.37. The molecule has 0 heterocycles. The predicted octanol–water partition coefficient (Wildman–Crippen LogP) is 1.10. The van der Waals surface area contributed by atoms with E-state index in [1.807, 2.05) is 24.3 Å². The normalized spacial score (nSPS) is 11.6. The van der Waals surface area contributed by atoms with Gasteiger partial charge in [0.15, 0.2) is 9.84 Å². The smallest absolute Gasteiger partial charge is 0.154 e. The van der Waals surface area contributed by atoms with Crippen molar-refractivity contribution in [3.63, 3.8) is 0 Å². The lowest BCUT2D eigenvalue weighted by atomic mass is 10.1. The molecule has 0 radical (unpaired) electrons. The van der Waals surface area contributed by atoms with Gasteiger partial charge in [-0.05, 0) is 17.5 Å². The molecule has 0 spiro atoms. The lowest BCUT2D eigenvalue weighted by Gasteiger charge is -2.08. The highest BCUT2D eigenvalue weighted by Gasteiger charge is 2.13. The van der Waals surface area contributed by atoms with Crippen LogP contribution in [0.3, 0.4) is 0 Å². The Balaban J connectivity index is 2.69. The molecule has 0 aliphatic rings. The van der Waals surface area contributed by atoms with Crippen molar-refractivity contribution >= 4 is 9.84 Å². The van der Waals surface area contributed by atoms with Crippen molar-refractivity contribution in [2.75, 3.05) is 19.5 Å². The zero-order chi connectivity index (χ0) is 12.7. The number of ether oxygens (including phenoxy) is 1. The summed E-state index contributed by atoms with van der Waals surface area (Å²) in [7, 11) is -1.51. The van der Waals surface area contributed by atoms with E-state index < -0.39 is 9.84 Å². The fraction of sp³-hybridized carbons (Fsp3) is 0.500. The third-order valence-electron chi connectivity index (χ3n) is 2.52. The highest BCUT2D eigenvalue weighted by atomic mass is 32.2. The zero-order valence-electron chi connectivity index (χ0n) is 10.1. The SMILES string of the molecule is COCCCS(=O)(=O)Cc1ccccc1CN. The molecule has 0 aliphatic carbocycles. The molecule has 1 aromatic carbocycles. The highest BCUT2D eigenvalue weighted by Crippen LogP contribution is 2.13. The van der Waals surface area contributed by atoms with Gasteiger partial charge in [0.05, 0.1) is 11.5 Å². The first-order valence-corrected chi connectivity index (χ1v) is 7.37. The molecular weight excluding hydrogens is 238 g/mol. The third kappa shape index (κ3) is 4.85. The van der Waals surface area contributed by atoms with Gasteiger partial charge in [-0.1, -0.05) is 24.3 Å². The van der Waals surface area contributed by atoms with Gasteiger partial charge in [-0.2, -0.15) is 0 Å². The largest absolute Gasteiger partial charge is 0.385 e. The zero-order valence-corrected chi connectivity index (χ0v) is 10.9. The van der Waals surface area contributed by atoms with Gasteiger partial charge in [-0.15, -0.1) is 0 Å². The molecule has 96 valence electrons. The number of hydrogen-bond acceptors (Lipinski definition) is 4. The molecule has 4 nitrogen and oxygen atoms in total. The molecule has 5 heteroatoms. The van der Waals surface area contributed by atoms with Crippen molar-refractivity contribution in [2.45, 2.75) is 18.7 Å². The maximum absolute atomic E-state index is 11.8. The summed E-state index contributed by atoms with van der Waals surface area (Å²) in [6.45, 7) is 0.835. The lowest BCUT2D eigenvalue weighted by molar-refractivity contribution is 0.199. The van der Waals surface area contributed by atoms with Crippen LogP contribution in [0.25, 0.3) is 0 Å². The van der Waals surface area contributed by atoms with Gasteiger partial charge in [0, 0.05) is 20.3 Å². The molecule has 0 atom stereocenters. The molecule has 0 saturated heterocycles. The Morgan fingerprint density at radius 2 is 1.88 bits per heavy atom. The number of rotatable bonds is 7. The van der Waals surface area contributed by atoms with E-state index in [9.17, 15) is 8.42 Å². The van der Waals surface area contributed by atoms with E-state index in [0.717, 1.165) is 11.1 Å². The first-order valence-electron chi connectivity index (χ1n) is 5.55. The Labute approximate surface area is 103 Å². The Morgan fingerprint density at radius 1 is 1.24 bits per heavy atom. The van der Waals surface area contributed by atoms with Crippen LogP contribution in [0.15, 0.2) is 24.3 Å². The van der Waals surface area contributed by atoms with Crippen LogP contribution in [0.4, 0.5) is 0 Å². The minimum absolute atomic E-state index is 0.0596. The molecule has 1 aromatic rings. The van der Waals surface area contributed by atoms with Gasteiger partial charge in [-0.25, -0.2) is 8.42 Å². The number of benzene rings is 1. The summed E-state index contributed by atoms with van der Waals surface area (Å²) in [5.41, 5.74) is 7.27. The van der Waals surface area contributed by atoms with Gasteiger partial charge in [-0.3, -0.25) is 0 Å². The maximum Gasteiger partial charge on any atom is 0.154 e. The van der Waals surface area contributed by atoms with E-state index in [0.29, 0.717) is 19.6 Å². The van der Waals surface area contributed by atoms with Gasteiger partial charge in [0.2, 0.25) is 0 Å². The number of nitrogens with two attached hydrogens (primary N) is 1. The molecule has 0 amide bonds. The van der Waals surface area contributed by atoms with Crippen molar-refractivity contribution in [1.29, 1.82) is 0 Å². The average molecular weight is 257 g/mol. The van der Waals surface area contributed by atoms with Crippen LogP contribution in [-0.4, -0.2) is 27.9 Å². The molecular formula is C12H19NO3S. The second-order valence-corrected chi connectivity index (χ2v) is 6.10. The summed E-state index contributed by atoms with van der Waals surface area (Å²) in [4.78, 5) is 0. The predicted molar refractivity (Wildman–Crippen MR) is 68.3 cm³/mol. The number of hydrogen-bond donors (Lipinski definition) is 1. The standard InChI is InChI=1S/C12H19NO3S/c1-16-7-4-8-17(14,15)10-12-6-3-2-5-11(12)9-13/h2-3,5-6H,4,7-10,13H2,1H3. The Hall–Kier alpha value is -0.910. The van der Waals surface area contributed by atoms with Gasteiger partial charge >= 0.3 is 0 Å². The minimum Gasteiger partial charge on any atom is -0.385 e. The van der Waals surface area contributed by atoms with Crippen molar-refractivity contribution in [3.05, 3.63) is 35.4 Å². The fourth-order valence-corrected chi connectivity index (χ4v) is 3.09. The monoisotopic (exact) mass is 257 g/mol. The van der Waals surface area contributed by atoms with E-state index in [-0.39, 0.29) is 11.5 Å². The van der Waals surface area contributed by atoms with Gasteiger partial charge in [0.25, 0.3) is 0 Å². The molecule has 2 N–H and O–H groups in total. The summed E-state index contributed by atoms with van der Waals surface area (Å²) in [5, 5.41) is 0. The van der Waals surface area contributed by atoms with E-state index in [2.05, 4.69) is 0 Å². The highest BCUT2D eigenvalue weighted by molar-refractivity contribution is 7.90. The Morgan fingerprint density at radius 3 is 2.47 bits per heavy atom. The van der Waals surface area contributed by atoms with Crippen LogP contribution in [0.5, 0.6) is 0 Å². The van der Waals surface area contributed by atoms with Crippen molar-refractivity contribution in [1.82, 2.24) is 0 Å². The third-order valence-corrected chi connectivity index (χ3v) is 4.18. The van der Waals surface area contributed by atoms with Crippen molar-refractivity contribution in [2.24, 2.45) is 5.73 Å². The number of sulfone groups is 1. The molecule has 17 heavy (non-hydrogen) atoms. The molecule has 0 aliphatic heterocycles. The molecule has 0 fully saturated rings. The molecule has 0 saturated carbocycles. The van der Waals surface area contributed by atoms with Crippen LogP contribution < -0.4 is 5.73 Å². The van der Waals surface area contributed by atoms with E-state index in [4.69, 9.17) is 10.5 Å². The fourth-order valence-electron chi connectivity index (χ4n) is 1.63. The van der Waals surface area contributed by atoms with Crippen LogP contribution >= 0.6 is 0 Å². The molecule has 1 rings (SSSR count). The molecule has 0 bridgehead atoms. The van der Waals surface area contributed by atoms with E-state index >= 15 is 0 Å². The first kappa shape index (κ1) is 14.2. The molecule has 0 unspecified atom stereocenters. The minimum atomic E-state index is -3.08. The van der Waals surface area contributed by atoms with E-state index in [1.54, 1.807) is 7.11 Å². The topological polar surface area (TPSA) is 69.4 Å². The van der Waals surface area contributed by atoms with Gasteiger partial charge in [0.1, 0.15) is 0 Å². The maximum atomic E-state index is 11.8. The van der Waals surface area contributed by atoms with Crippen LogP contribution in [0.2, 0.25) is 0 Å². The van der Waals surface area contributed by atoms with Gasteiger partial charge < -0.3 is 10.5 Å². The Kier molecular flexibility index (Phi) is 5.61. The van der Waals surface area contributed by atoms with Crippen LogP contribution in [0.1, 0.15) is 17.5 Å². The van der Waals surface area contributed by atoms with E-state index in [1.165, 1.54) is 0 Å². The lowest BCUT2D eigenvalue weighted by Crippen LogP contribution is -2.13. The van der Waals surface area contributed by atoms with Crippen LogP contribution in [-0.2, 0) is 26.9 Å². The summed E-state index contributed by atoms with van der Waals surface area (Å²) < 4.78 is 28.5. The second kappa shape index (κ2) is 6.74. The first-order chi connectivity index (χ1) is 8.09. The van der Waals surface area contributed by atoms with Crippen molar-refractivity contribution in [3.8, 4) is 0 Å². The quantitative estimate of drug-likeness (QED) is 0.743. The summed E-state index contributed by atoms with van der Waals surface area (Å²) in [5.74, 6) is 0.212. The number of methoxy groups -OCH3 is 1. The van der Waals surface area contributed by atoms with Crippen molar-refractivity contribution < 1.29 is 13.2 Å². The molecule has 0 aromatic heterocycles. The summed E-state index contributed by atoms with van der Waals surface area (Å²) in [6.07, 6.45) is 0.531. The second-order valence-electron chi connectivity index (χ2n) is 3.91. The average Bonchev–Trinajstić information content (AvgIpc) is 2.29.